The lowest BCUT2D eigenvalue weighted by Crippen LogP contribution is -2.42. The Morgan fingerprint density at radius 1 is 1.56 bits per heavy atom. The summed E-state index contributed by atoms with van der Waals surface area (Å²) in [7, 11) is 0. The maximum Gasteiger partial charge on any atom is 0.0953 e. The van der Waals surface area contributed by atoms with E-state index in [2.05, 4.69) is 28.2 Å². The van der Waals surface area contributed by atoms with Crippen molar-refractivity contribution in [3.05, 3.63) is 33.3 Å². The fraction of sp³-hybridized carbons (Fsp3) is 0.571. The van der Waals surface area contributed by atoms with Crippen LogP contribution in [0, 0.1) is 5.92 Å². The summed E-state index contributed by atoms with van der Waals surface area (Å²) in [5.41, 5.74) is 0.911. The molecule has 2 N–H and O–H groups in total. The van der Waals surface area contributed by atoms with Crippen molar-refractivity contribution >= 4 is 27.5 Å². The Hall–Kier alpha value is -0.0900. The Balaban J connectivity index is 2.12. The van der Waals surface area contributed by atoms with E-state index < -0.39 is 6.10 Å². The summed E-state index contributed by atoms with van der Waals surface area (Å²) < 4.78 is 0.878. The van der Waals surface area contributed by atoms with Gasteiger partial charge in [-0.3, -0.25) is 0 Å². The van der Waals surface area contributed by atoms with E-state index in [1.165, 1.54) is 12.8 Å². The number of aliphatic hydroxyl groups is 1. The van der Waals surface area contributed by atoms with Crippen LogP contribution in [0.5, 0.6) is 0 Å². The summed E-state index contributed by atoms with van der Waals surface area (Å²) in [4.78, 5) is 0. The molecule has 0 spiro atoms. The van der Waals surface area contributed by atoms with Crippen molar-refractivity contribution in [2.45, 2.75) is 38.3 Å². The quantitative estimate of drug-likeness (QED) is 0.879. The first-order valence-electron chi connectivity index (χ1n) is 6.48. The zero-order chi connectivity index (χ0) is 13.1. The van der Waals surface area contributed by atoms with Crippen molar-refractivity contribution < 1.29 is 5.11 Å². The second-order valence-corrected chi connectivity index (χ2v) is 6.26. The van der Waals surface area contributed by atoms with Crippen molar-refractivity contribution in [2.75, 3.05) is 6.54 Å². The third-order valence-corrected chi connectivity index (χ3v) is 4.71. The van der Waals surface area contributed by atoms with Crippen LogP contribution in [-0.2, 0) is 0 Å². The summed E-state index contributed by atoms with van der Waals surface area (Å²) in [6, 6.07) is 5.70. The maximum atomic E-state index is 10.5. The van der Waals surface area contributed by atoms with E-state index in [4.69, 9.17) is 11.6 Å². The average molecular weight is 333 g/mol. The summed E-state index contributed by atoms with van der Waals surface area (Å²) in [5.74, 6) is 0.719. The summed E-state index contributed by atoms with van der Waals surface area (Å²) in [6.45, 7) is 3.21. The molecule has 0 bridgehead atoms. The molecule has 1 aliphatic rings. The van der Waals surface area contributed by atoms with Gasteiger partial charge in [-0.1, -0.05) is 46.9 Å². The van der Waals surface area contributed by atoms with E-state index in [0.29, 0.717) is 5.02 Å². The van der Waals surface area contributed by atoms with Gasteiger partial charge in [0.15, 0.2) is 0 Å². The second-order valence-electron chi connectivity index (χ2n) is 4.97. The molecule has 1 aromatic rings. The van der Waals surface area contributed by atoms with Gasteiger partial charge in [0.2, 0.25) is 0 Å². The molecule has 2 rings (SSSR count). The Morgan fingerprint density at radius 2 is 2.33 bits per heavy atom. The van der Waals surface area contributed by atoms with E-state index in [9.17, 15) is 5.11 Å². The molecule has 18 heavy (non-hydrogen) atoms. The van der Waals surface area contributed by atoms with Crippen molar-refractivity contribution in [3.63, 3.8) is 0 Å². The van der Waals surface area contributed by atoms with Crippen LogP contribution in [0.3, 0.4) is 0 Å². The van der Waals surface area contributed by atoms with Crippen molar-refractivity contribution in [2.24, 2.45) is 5.92 Å². The second kappa shape index (κ2) is 6.38. The molecule has 1 saturated heterocycles. The molecule has 2 nitrogen and oxygen atoms in total. The zero-order valence-electron chi connectivity index (χ0n) is 10.5. The van der Waals surface area contributed by atoms with Crippen LogP contribution in [0.4, 0.5) is 0 Å². The summed E-state index contributed by atoms with van der Waals surface area (Å²) in [6.07, 6.45) is 2.95. The van der Waals surface area contributed by atoms with Crippen molar-refractivity contribution in [3.8, 4) is 0 Å². The van der Waals surface area contributed by atoms with Gasteiger partial charge >= 0.3 is 0 Å². The monoisotopic (exact) mass is 331 g/mol. The minimum absolute atomic E-state index is 0.140. The molecule has 0 aromatic heterocycles. The summed E-state index contributed by atoms with van der Waals surface area (Å²) >= 11 is 9.40. The molecule has 0 saturated carbocycles. The van der Waals surface area contributed by atoms with Crippen LogP contribution in [0.15, 0.2) is 22.7 Å². The minimum atomic E-state index is -0.481. The molecule has 100 valence electrons. The van der Waals surface area contributed by atoms with E-state index in [0.717, 1.165) is 28.9 Å². The first-order valence-corrected chi connectivity index (χ1v) is 7.65. The van der Waals surface area contributed by atoms with Crippen molar-refractivity contribution in [1.82, 2.24) is 5.32 Å². The Labute approximate surface area is 122 Å². The molecule has 1 aromatic carbocycles. The highest BCUT2D eigenvalue weighted by molar-refractivity contribution is 9.10. The van der Waals surface area contributed by atoms with Crippen LogP contribution in [0.25, 0.3) is 0 Å². The van der Waals surface area contributed by atoms with Gasteiger partial charge in [0.1, 0.15) is 0 Å². The molecular weight excluding hydrogens is 314 g/mol. The summed E-state index contributed by atoms with van der Waals surface area (Å²) in [5, 5.41) is 14.6. The largest absolute Gasteiger partial charge is 0.387 e. The third-order valence-electron chi connectivity index (χ3n) is 3.79. The maximum absolute atomic E-state index is 10.5. The fourth-order valence-electron chi connectivity index (χ4n) is 2.60. The topological polar surface area (TPSA) is 32.3 Å². The molecule has 0 aliphatic carbocycles. The molecule has 3 atom stereocenters. The average Bonchev–Trinajstić information content (AvgIpc) is 2.38. The number of halogens is 2. The predicted octanol–water partition coefficient (Wildman–Crippen LogP) is 3.91. The van der Waals surface area contributed by atoms with Crippen LogP contribution < -0.4 is 5.32 Å². The number of benzene rings is 1. The van der Waals surface area contributed by atoms with E-state index in [1.807, 2.05) is 18.2 Å². The highest BCUT2D eigenvalue weighted by Gasteiger charge is 2.28. The van der Waals surface area contributed by atoms with Crippen molar-refractivity contribution in [1.29, 1.82) is 0 Å². The molecule has 1 fully saturated rings. The van der Waals surface area contributed by atoms with E-state index in [1.54, 1.807) is 0 Å². The zero-order valence-corrected chi connectivity index (χ0v) is 12.8. The van der Waals surface area contributed by atoms with Gasteiger partial charge in [-0.2, -0.15) is 0 Å². The molecule has 1 aliphatic heterocycles. The molecular formula is C14H19BrClNO. The number of hydrogen-bond acceptors (Lipinski definition) is 2. The van der Waals surface area contributed by atoms with Gasteiger partial charge in [0, 0.05) is 15.5 Å². The number of aliphatic hydroxyl groups excluding tert-OH is 1. The van der Waals surface area contributed by atoms with Crippen LogP contribution >= 0.6 is 27.5 Å². The van der Waals surface area contributed by atoms with Crippen LogP contribution in [0.2, 0.25) is 5.02 Å². The van der Waals surface area contributed by atoms with Gasteiger partial charge < -0.3 is 10.4 Å². The minimum Gasteiger partial charge on any atom is -0.387 e. The van der Waals surface area contributed by atoms with E-state index in [-0.39, 0.29) is 6.04 Å². The number of nitrogens with one attached hydrogen (secondary N) is 1. The molecule has 3 unspecified atom stereocenters. The van der Waals surface area contributed by atoms with Gasteiger partial charge in [0.05, 0.1) is 6.10 Å². The molecule has 4 heteroatoms. The molecule has 0 amide bonds. The molecule has 1 heterocycles. The first-order chi connectivity index (χ1) is 8.61. The number of hydrogen-bond donors (Lipinski definition) is 2. The van der Waals surface area contributed by atoms with Crippen LogP contribution in [0.1, 0.15) is 37.9 Å². The Morgan fingerprint density at radius 3 is 3.00 bits per heavy atom. The predicted molar refractivity (Wildman–Crippen MR) is 78.9 cm³/mol. The lowest BCUT2D eigenvalue weighted by molar-refractivity contribution is 0.0973. The first kappa shape index (κ1) is 14.3. The van der Waals surface area contributed by atoms with Gasteiger partial charge in [0.25, 0.3) is 0 Å². The normalized spacial score (nSPS) is 26.0. The van der Waals surface area contributed by atoms with Gasteiger partial charge in [-0.25, -0.2) is 0 Å². The van der Waals surface area contributed by atoms with E-state index >= 15 is 0 Å². The lowest BCUT2D eigenvalue weighted by Gasteiger charge is -2.33. The lowest BCUT2D eigenvalue weighted by atomic mass is 9.86. The Bertz CT molecular complexity index is 413. The third kappa shape index (κ3) is 3.27. The highest BCUT2D eigenvalue weighted by atomic mass is 79.9. The van der Waals surface area contributed by atoms with Gasteiger partial charge in [-0.15, -0.1) is 0 Å². The highest BCUT2D eigenvalue weighted by Crippen LogP contribution is 2.32. The fourth-order valence-corrected chi connectivity index (χ4v) is 3.52. The van der Waals surface area contributed by atoms with Gasteiger partial charge in [-0.05, 0) is 43.0 Å². The number of rotatable bonds is 3. The van der Waals surface area contributed by atoms with Crippen LogP contribution in [-0.4, -0.2) is 17.7 Å². The smallest absolute Gasteiger partial charge is 0.0953 e. The standard InChI is InChI=1S/C14H19BrClNO/c1-2-9-5-6-17-13(7-9)14(18)11-4-3-10(16)8-12(11)15/h3-4,8-9,13-14,17-18H,2,5-7H2,1H3. The number of piperidine rings is 1. The molecule has 0 radical (unpaired) electrons. The Kier molecular flexibility index (Phi) is 5.07. The SMILES string of the molecule is CCC1CCNC(C(O)c2ccc(Cl)cc2Br)C1.